The molecule has 18 heavy (non-hydrogen) atoms. The standard InChI is InChI=1S/C14H26N2O2/c1-10-11-6-5-7-12(11)15-8-9-16(10)13(17)18-14(2,3)4/h10-12,15H,5-9H2,1-4H3. The second kappa shape index (κ2) is 5.08. The molecule has 0 spiro atoms. The van der Waals surface area contributed by atoms with Crippen molar-refractivity contribution in [3.05, 3.63) is 0 Å². The Morgan fingerprint density at radius 3 is 2.72 bits per heavy atom. The maximum atomic E-state index is 12.2. The van der Waals surface area contributed by atoms with Crippen molar-refractivity contribution in [2.24, 2.45) is 5.92 Å². The Bertz CT molecular complexity index is 311. The van der Waals surface area contributed by atoms with E-state index in [1.54, 1.807) is 0 Å². The van der Waals surface area contributed by atoms with Crippen LogP contribution in [-0.4, -0.2) is 41.8 Å². The molecular weight excluding hydrogens is 228 g/mol. The summed E-state index contributed by atoms with van der Waals surface area (Å²) < 4.78 is 5.51. The number of nitrogens with zero attached hydrogens (tertiary/aromatic N) is 1. The van der Waals surface area contributed by atoms with E-state index in [0.717, 1.165) is 13.1 Å². The van der Waals surface area contributed by atoms with E-state index in [-0.39, 0.29) is 12.1 Å². The Morgan fingerprint density at radius 1 is 1.33 bits per heavy atom. The summed E-state index contributed by atoms with van der Waals surface area (Å²) in [7, 11) is 0. The summed E-state index contributed by atoms with van der Waals surface area (Å²) >= 11 is 0. The second-order valence-corrected chi connectivity index (χ2v) is 6.57. The lowest BCUT2D eigenvalue weighted by molar-refractivity contribution is 0.0144. The molecule has 2 fully saturated rings. The highest BCUT2D eigenvalue weighted by Crippen LogP contribution is 2.32. The summed E-state index contributed by atoms with van der Waals surface area (Å²) in [4.78, 5) is 14.2. The number of hydrogen-bond acceptors (Lipinski definition) is 3. The highest BCUT2D eigenvalue weighted by molar-refractivity contribution is 5.68. The zero-order valence-electron chi connectivity index (χ0n) is 12.0. The van der Waals surface area contributed by atoms with Crippen LogP contribution in [0.4, 0.5) is 4.79 Å². The summed E-state index contributed by atoms with van der Waals surface area (Å²) in [6.07, 6.45) is 3.58. The molecule has 1 aliphatic heterocycles. The number of carbonyl (C=O) groups is 1. The molecule has 1 amide bonds. The molecule has 3 unspecified atom stereocenters. The maximum absolute atomic E-state index is 12.2. The Hall–Kier alpha value is -0.770. The van der Waals surface area contributed by atoms with Gasteiger partial charge in [0.2, 0.25) is 0 Å². The lowest BCUT2D eigenvalue weighted by atomic mass is 9.95. The molecule has 3 atom stereocenters. The number of fused-ring (bicyclic) bond motifs is 1. The Kier molecular flexibility index (Phi) is 3.85. The topological polar surface area (TPSA) is 41.6 Å². The van der Waals surface area contributed by atoms with Crippen LogP contribution in [0.2, 0.25) is 0 Å². The molecule has 0 aromatic rings. The monoisotopic (exact) mass is 254 g/mol. The molecule has 4 heteroatoms. The molecule has 0 radical (unpaired) electrons. The van der Waals surface area contributed by atoms with Crippen LogP contribution in [0, 0.1) is 5.92 Å². The predicted molar refractivity (Wildman–Crippen MR) is 71.5 cm³/mol. The van der Waals surface area contributed by atoms with Gasteiger partial charge in [-0.1, -0.05) is 6.42 Å². The molecule has 0 bridgehead atoms. The molecule has 1 N–H and O–H groups in total. The van der Waals surface area contributed by atoms with E-state index in [1.165, 1.54) is 19.3 Å². The lowest BCUT2D eigenvalue weighted by Crippen LogP contribution is -2.45. The third-order valence-corrected chi connectivity index (χ3v) is 4.07. The Balaban J connectivity index is 2.05. The van der Waals surface area contributed by atoms with E-state index in [9.17, 15) is 4.79 Å². The van der Waals surface area contributed by atoms with E-state index >= 15 is 0 Å². The van der Waals surface area contributed by atoms with E-state index in [4.69, 9.17) is 4.74 Å². The first-order chi connectivity index (χ1) is 8.38. The average molecular weight is 254 g/mol. The van der Waals surface area contributed by atoms with Crippen LogP contribution in [0.3, 0.4) is 0 Å². The molecule has 0 aromatic heterocycles. The van der Waals surface area contributed by atoms with Crippen molar-refractivity contribution in [2.45, 2.75) is 64.6 Å². The van der Waals surface area contributed by atoms with Crippen LogP contribution in [0.25, 0.3) is 0 Å². The first-order valence-electron chi connectivity index (χ1n) is 7.11. The number of rotatable bonds is 0. The van der Waals surface area contributed by atoms with Gasteiger partial charge >= 0.3 is 6.09 Å². The molecule has 4 nitrogen and oxygen atoms in total. The lowest BCUT2D eigenvalue weighted by Gasteiger charge is -2.33. The zero-order valence-corrected chi connectivity index (χ0v) is 12.0. The van der Waals surface area contributed by atoms with Crippen molar-refractivity contribution in [3.8, 4) is 0 Å². The van der Waals surface area contributed by atoms with Crippen LogP contribution in [0.1, 0.15) is 47.0 Å². The summed E-state index contributed by atoms with van der Waals surface area (Å²) in [5.74, 6) is 0.583. The van der Waals surface area contributed by atoms with Crippen molar-refractivity contribution in [3.63, 3.8) is 0 Å². The van der Waals surface area contributed by atoms with Gasteiger partial charge in [-0.05, 0) is 46.5 Å². The molecule has 2 rings (SSSR count). The van der Waals surface area contributed by atoms with Crippen molar-refractivity contribution in [2.75, 3.05) is 13.1 Å². The first kappa shape index (κ1) is 13.7. The van der Waals surface area contributed by atoms with Crippen molar-refractivity contribution in [1.82, 2.24) is 10.2 Å². The largest absolute Gasteiger partial charge is 0.444 e. The summed E-state index contributed by atoms with van der Waals surface area (Å²) in [5.41, 5.74) is -0.411. The summed E-state index contributed by atoms with van der Waals surface area (Å²) in [6.45, 7) is 9.56. The van der Waals surface area contributed by atoms with E-state index in [1.807, 2.05) is 25.7 Å². The van der Waals surface area contributed by atoms with Crippen molar-refractivity contribution >= 4 is 6.09 Å². The van der Waals surface area contributed by atoms with Gasteiger partial charge < -0.3 is 15.0 Å². The highest BCUT2D eigenvalue weighted by Gasteiger charge is 2.39. The van der Waals surface area contributed by atoms with Crippen LogP contribution < -0.4 is 5.32 Å². The van der Waals surface area contributed by atoms with E-state index in [0.29, 0.717) is 12.0 Å². The minimum atomic E-state index is -0.411. The normalized spacial score (nSPS) is 32.9. The second-order valence-electron chi connectivity index (χ2n) is 6.57. The molecule has 1 aliphatic carbocycles. The number of nitrogens with one attached hydrogen (secondary N) is 1. The Morgan fingerprint density at radius 2 is 2.06 bits per heavy atom. The van der Waals surface area contributed by atoms with Crippen LogP contribution in [0.15, 0.2) is 0 Å². The number of carbonyl (C=O) groups excluding carboxylic acids is 1. The Labute approximate surface area is 110 Å². The van der Waals surface area contributed by atoms with Crippen LogP contribution in [0.5, 0.6) is 0 Å². The molecule has 1 heterocycles. The molecule has 2 aliphatic rings. The van der Waals surface area contributed by atoms with E-state index < -0.39 is 5.60 Å². The fourth-order valence-electron chi connectivity index (χ4n) is 3.20. The summed E-state index contributed by atoms with van der Waals surface area (Å²) in [5, 5.41) is 3.57. The van der Waals surface area contributed by atoms with Crippen molar-refractivity contribution < 1.29 is 9.53 Å². The molecule has 0 aromatic carbocycles. The predicted octanol–water partition coefficient (Wildman–Crippen LogP) is 2.38. The fraction of sp³-hybridized carbons (Fsp3) is 0.929. The van der Waals surface area contributed by atoms with E-state index in [2.05, 4.69) is 12.2 Å². The van der Waals surface area contributed by atoms with Crippen LogP contribution in [-0.2, 0) is 4.74 Å². The van der Waals surface area contributed by atoms with Gasteiger partial charge in [0.25, 0.3) is 0 Å². The van der Waals surface area contributed by atoms with Gasteiger partial charge in [0.1, 0.15) is 5.60 Å². The van der Waals surface area contributed by atoms with Gasteiger partial charge in [-0.3, -0.25) is 0 Å². The average Bonchev–Trinajstić information content (AvgIpc) is 2.63. The van der Waals surface area contributed by atoms with Gasteiger partial charge in [0, 0.05) is 25.2 Å². The molecule has 104 valence electrons. The van der Waals surface area contributed by atoms with Gasteiger partial charge in [0.05, 0.1) is 0 Å². The smallest absolute Gasteiger partial charge is 0.410 e. The quantitative estimate of drug-likeness (QED) is 0.721. The van der Waals surface area contributed by atoms with Crippen LogP contribution >= 0.6 is 0 Å². The first-order valence-corrected chi connectivity index (χ1v) is 7.11. The minimum Gasteiger partial charge on any atom is -0.444 e. The third kappa shape index (κ3) is 2.97. The fourth-order valence-corrected chi connectivity index (χ4v) is 3.20. The highest BCUT2D eigenvalue weighted by atomic mass is 16.6. The molecule has 1 saturated carbocycles. The molecular formula is C14H26N2O2. The van der Waals surface area contributed by atoms with Crippen molar-refractivity contribution in [1.29, 1.82) is 0 Å². The number of hydrogen-bond donors (Lipinski definition) is 1. The number of ether oxygens (including phenoxy) is 1. The maximum Gasteiger partial charge on any atom is 0.410 e. The zero-order chi connectivity index (χ0) is 13.3. The van der Waals surface area contributed by atoms with Gasteiger partial charge in [-0.2, -0.15) is 0 Å². The SMILES string of the molecule is CC1C2CCCC2NCCN1C(=O)OC(C)(C)C. The summed E-state index contributed by atoms with van der Waals surface area (Å²) in [6, 6.07) is 0.870. The molecule has 1 saturated heterocycles. The van der Waals surface area contributed by atoms with Gasteiger partial charge in [-0.15, -0.1) is 0 Å². The van der Waals surface area contributed by atoms with Gasteiger partial charge in [0.15, 0.2) is 0 Å². The third-order valence-electron chi connectivity index (χ3n) is 4.07. The minimum absolute atomic E-state index is 0.163. The van der Waals surface area contributed by atoms with Gasteiger partial charge in [-0.25, -0.2) is 4.79 Å². The number of amides is 1.